The third-order valence-electron chi connectivity index (χ3n) is 3.28. The third-order valence-corrected chi connectivity index (χ3v) is 3.57. The highest BCUT2D eigenvalue weighted by Gasteiger charge is 2.15. The van der Waals surface area contributed by atoms with Crippen LogP contribution in [-0.4, -0.2) is 16.3 Å². The predicted molar refractivity (Wildman–Crippen MR) is 79.4 cm³/mol. The zero-order valence-electron chi connectivity index (χ0n) is 11.7. The summed E-state index contributed by atoms with van der Waals surface area (Å²) >= 11 is 5.84. The fourth-order valence-corrected chi connectivity index (χ4v) is 2.43. The minimum absolute atomic E-state index is 0.143. The summed E-state index contributed by atoms with van der Waals surface area (Å²) in [6.45, 7) is 3.05. The fourth-order valence-electron chi connectivity index (χ4n) is 2.23. The Kier molecular flexibility index (Phi) is 5.15. The molecule has 0 fully saturated rings. The van der Waals surface area contributed by atoms with Gasteiger partial charge in [0, 0.05) is 13.2 Å². The molecule has 3 nitrogen and oxygen atoms in total. The standard InChI is InChI=1S/C15H19ClFN3/c1-3-7-18-14(15-6-8-19-20(15)2)10-11-4-5-13(17)12(16)9-11/h4-6,8-9,14,18H,3,7,10H2,1-2H3. The maximum absolute atomic E-state index is 13.2. The van der Waals surface area contributed by atoms with Crippen molar-refractivity contribution < 1.29 is 4.39 Å². The highest BCUT2D eigenvalue weighted by atomic mass is 35.5. The molecule has 0 aliphatic heterocycles. The fraction of sp³-hybridized carbons (Fsp3) is 0.400. The second-order valence-electron chi connectivity index (χ2n) is 4.84. The highest BCUT2D eigenvalue weighted by molar-refractivity contribution is 6.30. The minimum Gasteiger partial charge on any atom is -0.308 e. The van der Waals surface area contributed by atoms with Gasteiger partial charge < -0.3 is 5.32 Å². The molecule has 0 bridgehead atoms. The quantitative estimate of drug-likeness (QED) is 0.884. The van der Waals surface area contributed by atoms with Crippen molar-refractivity contribution in [3.63, 3.8) is 0 Å². The van der Waals surface area contributed by atoms with E-state index >= 15 is 0 Å². The largest absolute Gasteiger partial charge is 0.308 e. The molecule has 1 N–H and O–H groups in total. The number of halogens is 2. The van der Waals surface area contributed by atoms with Crippen molar-refractivity contribution in [2.24, 2.45) is 7.05 Å². The van der Waals surface area contributed by atoms with Gasteiger partial charge in [0.15, 0.2) is 0 Å². The summed E-state index contributed by atoms with van der Waals surface area (Å²) in [5.41, 5.74) is 2.12. The van der Waals surface area contributed by atoms with E-state index < -0.39 is 0 Å². The molecule has 0 saturated heterocycles. The van der Waals surface area contributed by atoms with Gasteiger partial charge in [-0.05, 0) is 43.1 Å². The zero-order valence-corrected chi connectivity index (χ0v) is 12.5. The first kappa shape index (κ1) is 15.0. The van der Waals surface area contributed by atoms with Gasteiger partial charge in [0.25, 0.3) is 0 Å². The van der Waals surface area contributed by atoms with Crippen LogP contribution in [-0.2, 0) is 13.5 Å². The lowest BCUT2D eigenvalue weighted by molar-refractivity contribution is 0.493. The Balaban J connectivity index is 2.19. The third kappa shape index (κ3) is 3.58. The Morgan fingerprint density at radius 3 is 2.80 bits per heavy atom. The smallest absolute Gasteiger partial charge is 0.141 e. The van der Waals surface area contributed by atoms with E-state index in [1.54, 1.807) is 18.3 Å². The summed E-state index contributed by atoms with van der Waals surface area (Å²) in [6.07, 6.45) is 3.59. The van der Waals surface area contributed by atoms with Crippen molar-refractivity contribution in [3.05, 3.63) is 52.6 Å². The molecular weight excluding hydrogens is 277 g/mol. The molecule has 1 aromatic carbocycles. The molecule has 0 spiro atoms. The van der Waals surface area contributed by atoms with E-state index in [1.165, 1.54) is 6.07 Å². The Morgan fingerprint density at radius 2 is 2.20 bits per heavy atom. The van der Waals surface area contributed by atoms with Crippen LogP contribution < -0.4 is 5.32 Å². The predicted octanol–water partition coefficient (Wildman–Crippen LogP) is 3.50. The molecule has 1 heterocycles. The molecule has 108 valence electrons. The first-order valence-electron chi connectivity index (χ1n) is 6.77. The maximum Gasteiger partial charge on any atom is 0.141 e. The zero-order chi connectivity index (χ0) is 14.5. The van der Waals surface area contributed by atoms with E-state index in [4.69, 9.17) is 11.6 Å². The van der Waals surface area contributed by atoms with Crippen LogP contribution in [0.1, 0.15) is 30.6 Å². The Morgan fingerprint density at radius 1 is 1.40 bits per heavy atom. The lowest BCUT2D eigenvalue weighted by Crippen LogP contribution is -2.26. The van der Waals surface area contributed by atoms with Crippen LogP contribution in [0.2, 0.25) is 5.02 Å². The summed E-state index contributed by atoms with van der Waals surface area (Å²) < 4.78 is 15.1. The maximum atomic E-state index is 13.2. The van der Waals surface area contributed by atoms with Gasteiger partial charge >= 0.3 is 0 Å². The lowest BCUT2D eigenvalue weighted by atomic mass is 10.0. The molecule has 2 aromatic rings. The average Bonchev–Trinajstić information content (AvgIpc) is 2.85. The van der Waals surface area contributed by atoms with Crippen LogP contribution in [0, 0.1) is 5.82 Å². The average molecular weight is 296 g/mol. The number of hydrogen-bond acceptors (Lipinski definition) is 2. The van der Waals surface area contributed by atoms with E-state index in [0.29, 0.717) is 0 Å². The van der Waals surface area contributed by atoms with Crippen LogP contribution in [0.3, 0.4) is 0 Å². The molecule has 20 heavy (non-hydrogen) atoms. The molecule has 0 aliphatic rings. The summed E-state index contributed by atoms with van der Waals surface area (Å²) in [6, 6.07) is 7.02. The summed E-state index contributed by atoms with van der Waals surface area (Å²) in [5.74, 6) is -0.381. The summed E-state index contributed by atoms with van der Waals surface area (Å²) in [4.78, 5) is 0. The number of hydrogen-bond donors (Lipinski definition) is 1. The molecule has 0 amide bonds. The highest BCUT2D eigenvalue weighted by Crippen LogP contribution is 2.22. The van der Waals surface area contributed by atoms with Crippen LogP contribution in [0.25, 0.3) is 0 Å². The summed E-state index contributed by atoms with van der Waals surface area (Å²) in [7, 11) is 1.92. The van der Waals surface area contributed by atoms with Gasteiger partial charge in [0.05, 0.1) is 16.8 Å². The van der Waals surface area contributed by atoms with Gasteiger partial charge in [-0.15, -0.1) is 0 Å². The van der Waals surface area contributed by atoms with Crippen molar-refractivity contribution in [1.29, 1.82) is 0 Å². The van der Waals surface area contributed by atoms with Crippen molar-refractivity contribution in [3.8, 4) is 0 Å². The first-order valence-corrected chi connectivity index (χ1v) is 7.14. The minimum atomic E-state index is -0.381. The van der Waals surface area contributed by atoms with E-state index in [1.807, 2.05) is 17.8 Å². The van der Waals surface area contributed by atoms with E-state index in [2.05, 4.69) is 17.3 Å². The van der Waals surface area contributed by atoms with Crippen molar-refractivity contribution >= 4 is 11.6 Å². The molecule has 0 aliphatic carbocycles. The van der Waals surface area contributed by atoms with Crippen LogP contribution in [0.15, 0.2) is 30.5 Å². The molecular formula is C15H19ClFN3. The van der Waals surface area contributed by atoms with Crippen LogP contribution in [0.5, 0.6) is 0 Å². The monoisotopic (exact) mass is 295 g/mol. The normalized spacial score (nSPS) is 12.6. The Hall–Kier alpha value is -1.39. The van der Waals surface area contributed by atoms with E-state index in [9.17, 15) is 4.39 Å². The van der Waals surface area contributed by atoms with Gasteiger partial charge in [-0.25, -0.2) is 4.39 Å². The number of aromatic nitrogens is 2. The molecule has 0 radical (unpaired) electrons. The van der Waals surface area contributed by atoms with Gasteiger partial charge in [-0.1, -0.05) is 24.6 Å². The molecule has 2 rings (SSSR count). The lowest BCUT2D eigenvalue weighted by Gasteiger charge is -2.19. The Bertz CT molecular complexity index is 568. The number of nitrogens with zero attached hydrogens (tertiary/aromatic N) is 2. The first-order chi connectivity index (χ1) is 9.61. The van der Waals surface area contributed by atoms with Crippen molar-refractivity contribution in [2.45, 2.75) is 25.8 Å². The van der Waals surface area contributed by atoms with Gasteiger partial charge in [-0.2, -0.15) is 5.10 Å². The van der Waals surface area contributed by atoms with Crippen molar-refractivity contribution in [1.82, 2.24) is 15.1 Å². The van der Waals surface area contributed by atoms with Crippen LogP contribution >= 0.6 is 11.6 Å². The second kappa shape index (κ2) is 6.86. The molecule has 1 unspecified atom stereocenters. The van der Waals surface area contributed by atoms with E-state index in [0.717, 1.165) is 30.6 Å². The SMILES string of the molecule is CCCNC(Cc1ccc(F)c(Cl)c1)c1ccnn1C. The van der Waals surface area contributed by atoms with Gasteiger partial charge in [-0.3, -0.25) is 4.68 Å². The molecule has 1 aromatic heterocycles. The second-order valence-corrected chi connectivity index (χ2v) is 5.25. The number of aryl methyl sites for hydroxylation is 1. The van der Waals surface area contributed by atoms with E-state index in [-0.39, 0.29) is 16.9 Å². The molecule has 1 atom stereocenters. The number of benzene rings is 1. The van der Waals surface area contributed by atoms with Crippen molar-refractivity contribution in [2.75, 3.05) is 6.54 Å². The number of rotatable bonds is 6. The molecule has 5 heteroatoms. The van der Waals surface area contributed by atoms with Gasteiger partial charge in [0.1, 0.15) is 5.82 Å². The number of nitrogens with one attached hydrogen (secondary N) is 1. The topological polar surface area (TPSA) is 29.9 Å². The Labute approximate surface area is 123 Å². The molecule has 0 saturated carbocycles. The van der Waals surface area contributed by atoms with Gasteiger partial charge in [0.2, 0.25) is 0 Å². The summed E-state index contributed by atoms with van der Waals surface area (Å²) in [5, 5.41) is 7.88. The van der Waals surface area contributed by atoms with Crippen LogP contribution in [0.4, 0.5) is 4.39 Å².